The Morgan fingerprint density at radius 1 is 1.20 bits per heavy atom. The third-order valence-corrected chi connectivity index (χ3v) is 6.52. The van der Waals surface area contributed by atoms with Crippen molar-refractivity contribution in [3.8, 4) is 0 Å². The molecule has 1 unspecified atom stereocenters. The van der Waals surface area contributed by atoms with Gasteiger partial charge in [-0.25, -0.2) is 17.7 Å². The van der Waals surface area contributed by atoms with Crippen molar-refractivity contribution in [2.24, 2.45) is 4.99 Å². The first-order valence-corrected chi connectivity index (χ1v) is 11.2. The molecule has 3 N–H and O–H groups in total. The van der Waals surface area contributed by atoms with Crippen molar-refractivity contribution in [3.63, 3.8) is 0 Å². The number of hydrogen-bond donors (Lipinski definition) is 3. The molecule has 2 aromatic rings. The zero-order chi connectivity index (χ0) is 22.5. The SMILES string of the molecule is CCNC(=NCc1ccc(S(=O)(=O)N(C)C)cc1)NCC(C)(O)c1cc(C)oc1C. The van der Waals surface area contributed by atoms with Crippen molar-refractivity contribution in [2.45, 2.75) is 44.7 Å². The molecule has 1 aromatic carbocycles. The first kappa shape index (κ1) is 23.9. The molecule has 1 aromatic heterocycles. The Morgan fingerprint density at radius 3 is 2.33 bits per heavy atom. The zero-order valence-corrected chi connectivity index (χ0v) is 19.3. The molecule has 1 atom stereocenters. The van der Waals surface area contributed by atoms with E-state index in [0.717, 1.165) is 16.9 Å². The van der Waals surface area contributed by atoms with Gasteiger partial charge in [-0.3, -0.25) is 0 Å². The number of aliphatic imine (C=N–C) groups is 1. The predicted molar refractivity (Wildman–Crippen MR) is 118 cm³/mol. The number of aryl methyl sites for hydroxylation is 2. The summed E-state index contributed by atoms with van der Waals surface area (Å²) >= 11 is 0. The maximum absolute atomic E-state index is 12.2. The summed E-state index contributed by atoms with van der Waals surface area (Å²) in [5.74, 6) is 2.00. The number of aliphatic hydroxyl groups is 1. The van der Waals surface area contributed by atoms with Gasteiger partial charge in [0.1, 0.15) is 17.1 Å². The third-order valence-electron chi connectivity index (χ3n) is 4.69. The van der Waals surface area contributed by atoms with E-state index in [0.29, 0.717) is 24.8 Å². The molecule has 0 aliphatic carbocycles. The standard InChI is InChI=1S/C21H32N4O4S/c1-7-22-20(24-14-21(4,26)19-12-15(2)29-16(19)3)23-13-17-8-10-18(11-9-17)30(27,28)25(5)6/h8-12,26H,7,13-14H2,1-6H3,(H2,22,23,24). The number of hydrogen-bond acceptors (Lipinski definition) is 5. The van der Waals surface area contributed by atoms with Crippen LogP contribution < -0.4 is 10.6 Å². The van der Waals surface area contributed by atoms with E-state index >= 15 is 0 Å². The first-order valence-electron chi connectivity index (χ1n) is 9.81. The minimum absolute atomic E-state index is 0.243. The third kappa shape index (κ3) is 5.84. The summed E-state index contributed by atoms with van der Waals surface area (Å²) in [5.41, 5.74) is 0.485. The Labute approximate surface area is 179 Å². The molecule has 0 radical (unpaired) electrons. The maximum atomic E-state index is 12.2. The normalized spacial score (nSPS) is 14.6. The average Bonchev–Trinajstić information content (AvgIpc) is 3.03. The van der Waals surface area contributed by atoms with Gasteiger partial charge in [-0.15, -0.1) is 0 Å². The van der Waals surface area contributed by atoms with Crippen molar-refractivity contribution in [2.75, 3.05) is 27.2 Å². The molecule has 166 valence electrons. The first-order chi connectivity index (χ1) is 14.0. The summed E-state index contributed by atoms with van der Waals surface area (Å²) in [7, 11) is -0.443. The van der Waals surface area contributed by atoms with E-state index < -0.39 is 15.6 Å². The Balaban J connectivity index is 2.08. The summed E-state index contributed by atoms with van der Waals surface area (Å²) in [6.07, 6.45) is 0. The fourth-order valence-corrected chi connectivity index (χ4v) is 3.91. The molecule has 30 heavy (non-hydrogen) atoms. The molecule has 0 aliphatic rings. The molecule has 0 bridgehead atoms. The molecule has 9 heteroatoms. The molecule has 0 saturated heterocycles. The summed E-state index contributed by atoms with van der Waals surface area (Å²) in [6, 6.07) is 8.49. The second-order valence-electron chi connectivity index (χ2n) is 7.58. The number of nitrogens with one attached hydrogen (secondary N) is 2. The molecule has 0 aliphatic heterocycles. The van der Waals surface area contributed by atoms with Crippen molar-refractivity contribution < 1.29 is 17.9 Å². The van der Waals surface area contributed by atoms with Crippen molar-refractivity contribution in [1.29, 1.82) is 0 Å². The fraction of sp³-hybridized carbons (Fsp3) is 0.476. The van der Waals surface area contributed by atoms with Crippen molar-refractivity contribution in [1.82, 2.24) is 14.9 Å². The van der Waals surface area contributed by atoms with E-state index in [1.807, 2.05) is 26.8 Å². The van der Waals surface area contributed by atoms with Crippen LogP contribution in [0.5, 0.6) is 0 Å². The van der Waals surface area contributed by atoms with Gasteiger partial charge >= 0.3 is 0 Å². The van der Waals surface area contributed by atoms with Gasteiger partial charge in [0.2, 0.25) is 10.0 Å². The molecular weight excluding hydrogens is 404 g/mol. The smallest absolute Gasteiger partial charge is 0.242 e. The van der Waals surface area contributed by atoms with Crippen LogP contribution in [0.2, 0.25) is 0 Å². The zero-order valence-electron chi connectivity index (χ0n) is 18.5. The van der Waals surface area contributed by atoms with Gasteiger partial charge in [0.25, 0.3) is 0 Å². The van der Waals surface area contributed by atoms with Crippen LogP contribution in [-0.4, -0.2) is 51.0 Å². The number of guanidine groups is 1. The van der Waals surface area contributed by atoms with Crippen LogP contribution in [0, 0.1) is 13.8 Å². The monoisotopic (exact) mass is 436 g/mol. The highest BCUT2D eigenvalue weighted by Crippen LogP contribution is 2.26. The summed E-state index contributed by atoms with van der Waals surface area (Å²) in [4.78, 5) is 4.78. The van der Waals surface area contributed by atoms with Crippen LogP contribution in [0.4, 0.5) is 0 Å². The molecule has 0 amide bonds. The van der Waals surface area contributed by atoms with E-state index in [1.165, 1.54) is 18.4 Å². The number of nitrogens with zero attached hydrogens (tertiary/aromatic N) is 2. The molecule has 2 rings (SSSR count). The Hall–Kier alpha value is -2.36. The Morgan fingerprint density at radius 2 is 1.83 bits per heavy atom. The minimum Gasteiger partial charge on any atom is -0.466 e. The largest absolute Gasteiger partial charge is 0.466 e. The number of furan rings is 1. The lowest BCUT2D eigenvalue weighted by atomic mass is 9.96. The second kappa shape index (κ2) is 9.63. The molecule has 1 heterocycles. The predicted octanol–water partition coefficient (Wildman–Crippen LogP) is 2.11. The molecule has 0 spiro atoms. The lowest BCUT2D eigenvalue weighted by molar-refractivity contribution is 0.0601. The van der Waals surface area contributed by atoms with Gasteiger partial charge in [0, 0.05) is 26.2 Å². The number of rotatable bonds is 8. The van der Waals surface area contributed by atoms with Gasteiger partial charge < -0.3 is 20.2 Å². The van der Waals surface area contributed by atoms with Gasteiger partial charge in [0.05, 0.1) is 18.0 Å². The Bertz CT molecular complexity index is 977. The quantitative estimate of drug-likeness (QED) is 0.432. The van der Waals surface area contributed by atoms with Gasteiger partial charge in [-0.05, 0) is 51.5 Å². The van der Waals surface area contributed by atoms with E-state index in [9.17, 15) is 13.5 Å². The lowest BCUT2D eigenvalue weighted by Crippen LogP contribution is -2.44. The van der Waals surface area contributed by atoms with Crippen LogP contribution in [0.1, 0.15) is 36.5 Å². The van der Waals surface area contributed by atoms with Crippen LogP contribution >= 0.6 is 0 Å². The highest BCUT2D eigenvalue weighted by molar-refractivity contribution is 7.89. The number of benzene rings is 1. The van der Waals surface area contributed by atoms with Crippen LogP contribution in [0.15, 0.2) is 44.6 Å². The molecule has 0 saturated carbocycles. The van der Waals surface area contributed by atoms with Gasteiger partial charge in [-0.2, -0.15) is 0 Å². The molecule has 8 nitrogen and oxygen atoms in total. The minimum atomic E-state index is -3.45. The highest BCUT2D eigenvalue weighted by Gasteiger charge is 2.27. The lowest BCUT2D eigenvalue weighted by Gasteiger charge is -2.24. The van der Waals surface area contributed by atoms with E-state index in [1.54, 1.807) is 31.2 Å². The second-order valence-corrected chi connectivity index (χ2v) is 9.73. The fourth-order valence-electron chi connectivity index (χ4n) is 3.01. The summed E-state index contributed by atoms with van der Waals surface area (Å²) < 4.78 is 31.0. The van der Waals surface area contributed by atoms with Crippen LogP contribution in [0.3, 0.4) is 0 Å². The van der Waals surface area contributed by atoms with Gasteiger partial charge in [0.15, 0.2) is 5.96 Å². The van der Waals surface area contributed by atoms with E-state index in [4.69, 9.17) is 4.42 Å². The van der Waals surface area contributed by atoms with Crippen LogP contribution in [-0.2, 0) is 22.2 Å². The number of sulfonamides is 1. The van der Waals surface area contributed by atoms with Crippen molar-refractivity contribution >= 4 is 16.0 Å². The van der Waals surface area contributed by atoms with E-state index in [2.05, 4.69) is 15.6 Å². The van der Waals surface area contributed by atoms with Crippen molar-refractivity contribution in [3.05, 3.63) is 53.0 Å². The summed E-state index contributed by atoms with van der Waals surface area (Å²) in [6.45, 7) is 8.64. The molecular formula is C21H32N4O4S. The maximum Gasteiger partial charge on any atom is 0.242 e. The van der Waals surface area contributed by atoms with Crippen LogP contribution in [0.25, 0.3) is 0 Å². The Kier molecular flexibility index (Phi) is 7.68. The van der Waals surface area contributed by atoms with E-state index in [-0.39, 0.29) is 11.4 Å². The highest BCUT2D eigenvalue weighted by atomic mass is 32.2. The topological polar surface area (TPSA) is 107 Å². The summed E-state index contributed by atoms with van der Waals surface area (Å²) in [5, 5.41) is 17.2. The average molecular weight is 437 g/mol. The van der Waals surface area contributed by atoms with Gasteiger partial charge in [-0.1, -0.05) is 12.1 Å². The molecule has 0 fully saturated rings.